The highest BCUT2D eigenvalue weighted by Crippen LogP contribution is 2.55. The van der Waals surface area contributed by atoms with Crippen LogP contribution in [-0.2, 0) is 13.4 Å². The Hall–Kier alpha value is 0.660. The fraction of sp³-hybridized carbons (Fsp3) is 1.00. The maximum atomic E-state index is 8.14. The van der Waals surface area contributed by atoms with E-state index in [-0.39, 0.29) is 6.79 Å². The minimum absolute atomic E-state index is 0.189. The molecule has 0 amide bonds. The lowest BCUT2D eigenvalue weighted by molar-refractivity contribution is 0.00935. The van der Waals surface area contributed by atoms with Crippen LogP contribution in [0.15, 0.2) is 0 Å². The first-order chi connectivity index (χ1) is 3.79. The predicted octanol–water partition coefficient (Wildman–Crippen LogP) is 0.446. The van der Waals surface area contributed by atoms with Gasteiger partial charge in [0.05, 0.1) is 0 Å². The van der Waals surface area contributed by atoms with Gasteiger partial charge in [-0.05, 0) is 0 Å². The summed E-state index contributed by atoms with van der Waals surface area (Å²) in [5, 5.41) is 0. The Morgan fingerprint density at radius 3 is 2.25 bits per heavy atom. The van der Waals surface area contributed by atoms with Gasteiger partial charge in [0.15, 0.2) is 6.79 Å². The summed E-state index contributed by atoms with van der Waals surface area (Å²) >= 11 is 0. The molecule has 0 radical (unpaired) electrons. The van der Waals surface area contributed by atoms with E-state index in [0.717, 1.165) is 0 Å². The van der Waals surface area contributed by atoms with Crippen molar-refractivity contribution in [1.29, 1.82) is 0 Å². The summed E-state index contributed by atoms with van der Waals surface area (Å²) in [6, 6.07) is 0. The highest BCUT2D eigenvalue weighted by atomic mass is 31.2. The van der Waals surface area contributed by atoms with Crippen LogP contribution in [0.1, 0.15) is 0 Å². The highest BCUT2D eigenvalue weighted by Gasteiger charge is 2.25. The number of hydrogen-bond donors (Lipinski definition) is 2. The first kappa shape index (κ1) is 6.78. The molecule has 0 unspecified atom stereocenters. The Morgan fingerprint density at radius 1 is 1.50 bits per heavy atom. The molecule has 0 spiro atoms. The topological polar surface area (TPSA) is 68.2 Å². The first-order valence-corrected chi connectivity index (χ1v) is 3.97. The van der Waals surface area contributed by atoms with Crippen molar-refractivity contribution in [3.63, 3.8) is 0 Å². The third-order valence-corrected chi connectivity index (χ3v) is 2.21. The predicted molar refractivity (Wildman–Crippen MR) is 26.4 cm³/mol. The number of rotatable bonds is 2. The Labute approximate surface area is 48.2 Å². The van der Waals surface area contributed by atoms with Crippen molar-refractivity contribution in [3.8, 4) is 0 Å². The molecule has 48 valence electrons. The van der Waals surface area contributed by atoms with Crippen LogP contribution in [0.2, 0.25) is 0 Å². The lowest BCUT2D eigenvalue weighted by Crippen LogP contribution is -2.05. The normalized spacial score (nSPS) is 21.4. The van der Waals surface area contributed by atoms with Gasteiger partial charge in [-0.25, -0.2) is 4.31 Å². The fourth-order valence-corrected chi connectivity index (χ4v) is 1.25. The standard InChI is InChI=1S/CH4O5P2/c2-7(3)6-8-4-1-5-8/h2-3H,1H2. The zero-order chi connectivity index (χ0) is 5.98. The first-order valence-electron chi connectivity index (χ1n) is 1.71. The van der Waals surface area contributed by atoms with Gasteiger partial charge in [0.25, 0.3) is 0 Å². The molecule has 8 heavy (non-hydrogen) atoms. The Morgan fingerprint density at radius 2 is 2.12 bits per heavy atom. The smallest absolute Gasteiger partial charge is 0.328 e. The largest absolute Gasteiger partial charge is 0.344 e. The van der Waals surface area contributed by atoms with Crippen molar-refractivity contribution in [2.45, 2.75) is 0 Å². The second kappa shape index (κ2) is 2.99. The molecule has 0 aromatic rings. The van der Waals surface area contributed by atoms with E-state index in [2.05, 4.69) is 13.4 Å². The summed E-state index contributed by atoms with van der Waals surface area (Å²) in [5.74, 6) is 0. The van der Waals surface area contributed by atoms with Crippen molar-refractivity contribution >= 4 is 17.2 Å². The van der Waals surface area contributed by atoms with Gasteiger partial charge in [-0.1, -0.05) is 0 Å². The second-order valence-electron chi connectivity index (χ2n) is 0.934. The maximum Gasteiger partial charge on any atom is 0.344 e. The van der Waals surface area contributed by atoms with Gasteiger partial charge < -0.3 is 9.79 Å². The number of hydrogen-bond acceptors (Lipinski definition) is 5. The molecule has 0 saturated carbocycles. The molecule has 7 heteroatoms. The van der Waals surface area contributed by atoms with E-state index in [9.17, 15) is 0 Å². The van der Waals surface area contributed by atoms with Crippen LogP contribution in [0.5, 0.6) is 0 Å². The van der Waals surface area contributed by atoms with E-state index in [0.29, 0.717) is 0 Å². The summed E-state index contributed by atoms with van der Waals surface area (Å²) in [4.78, 5) is 16.3. The van der Waals surface area contributed by atoms with Gasteiger partial charge >= 0.3 is 17.2 Å². The zero-order valence-electron chi connectivity index (χ0n) is 3.72. The van der Waals surface area contributed by atoms with Crippen molar-refractivity contribution < 1.29 is 23.1 Å². The molecule has 0 aromatic heterocycles. The molecule has 0 bridgehead atoms. The summed E-state index contributed by atoms with van der Waals surface area (Å²) in [5.41, 5.74) is 0. The van der Waals surface area contributed by atoms with Gasteiger partial charge in [-0.3, -0.25) is 9.05 Å². The minimum atomic E-state index is -2.32. The average Bonchev–Trinajstić information content (AvgIpc) is 1.55. The molecule has 1 heterocycles. The van der Waals surface area contributed by atoms with E-state index in [1.807, 2.05) is 0 Å². The monoisotopic (exact) mass is 158 g/mol. The zero-order valence-corrected chi connectivity index (χ0v) is 5.51. The van der Waals surface area contributed by atoms with Crippen molar-refractivity contribution in [3.05, 3.63) is 0 Å². The molecule has 1 aliphatic rings. The third-order valence-electron chi connectivity index (χ3n) is 0.456. The van der Waals surface area contributed by atoms with Crippen LogP contribution in [0.4, 0.5) is 0 Å². The van der Waals surface area contributed by atoms with E-state index >= 15 is 0 Å². The minimum Gasteiger partial charge on any atom is -0.328 e. The molecular formula is CH4O5P2. The summed E-state index contributed by atoms with van der Waals surface area (Å²) < 4.78 is 13.4. The highest BCUT2D eigenvalue weighted by molar-refractivity contribution is 7.55. The van der Waals surface area contributed by atoms with Crippen LogP contribution in [0, 0.1) is 0 Å². The molecule has 1 aliphatic heterocycles. The van der Waals surface area contributed by atoms with Gasteiger partial charge in [0, 0.05) is 0 Å². The molecule has 2 N–H and O–H groups in total. The van der Waals surface area contributed by atoms with Gasteiger partial charge in [-0.2, -0.15) is 0 Å². The molecule has 1 saturated heterocycles. The molecule has 1 rings (SSSR count). The van der Waals surface area contributed by atoms with Crippen LogP contribution >= 0.6 is 17.2 Å². The van der Waals surface area contributed by atoms with E-state index < -0.39 is 17.2 Å². The van der Waals surface area contributed by atoms with E-state index in [1.54, 1.807) is 0 Å². The lowest BCUT2D eigenvalue weighted by Gasteiger charge is -2.22. The molecule has 0 aliphatic carbocycles. The molecule has 1 fully saturated rings. The Kier molecular flexibility index (Phi) is 2.53. The molecule has 0 aromatic carbocycles. The van der Waals surface area contributed by atoms with E-state index in [1.165, 1.54) is 0 Å². The summed E-state index contributed by atoms with van der Waals surface area (Å²) in [7, 11) is -3.72. The Balaban J connectivity index is 2.01. The summed E-state index contributed by atoms with van der Waals surface area (Å²) in [6.07, 6.45) is 0. The second-order valence-corrected chi connectivity index (χ2v) is 3.06. The average molecular weight is 158 g/mol. The van der Waals surface area contributed by atoms with Crippen molar-refractivity contribution in [2.24, 2.45) is 0 Å². The van der Waals surface area contributed by atoms with Gasteiger partial charge in [-0.15, -0.1) is 0 Å². The van der Waals surface area contributed by atoms with Crippen LogP contribution in [-0.4, -0.2) is 16.6 Å². The Bertz CT molecular complexity index is 70.8. The lowest BCUT2D eigenvalue weighted by atomic mass is 11.6. The summed E-state index contributed by atoms with van der Waals surface area (Å²) in [6.45, 7) is 0.189. The molecule has 5 nitrogen and oxygen atoms in total. The third kappa shape index (κ3) is 1.88. The van der Waals surface area contributed by atoms with Crippen LogP contribution in [0.3, 0.4) is 0 Å². The molecule has 0 atom stereocenters. The quantitative estimate of drug-likeness (QED) is 0.570. The molecular weight excluding hydrogens is 154 g/mol. The van der Waals surface area contributed by atoms with Gasteiger partial charge in [0.1, 0.15) is 0 Å². The van der Waals surface area contributed by atoms with Crippen LogP contribution < -0.4 is 0 Å². The van der Waals surface area contributed by atoms with E-state index in [4.69, 9.17) is 9.79 Å². The maximum absolute atomic E-state index is 8.14. The SMILES string of the molecule is OP(O)OP1OCO1. The fourth-order valence-electron chi connectivity index (χ4n) is 0.203. The van der Waals surface area contributed by atoms with Gasteiger partial charge in [0.2, 0.25) is 0 Å². The van der Waals surface area contributed by atoms with Crippen LogP contribution in [0.25, 0.3) is 0 Å². The van der Waals surface area contributed by atoms with Crippen molar-refractivity contribution in [1.82, 2.24) is 0 Å². The van der Waals surface area contributed by atoms with Crippen molar-refractivity contribution in [2.75, 3.05) is 6.79 Å².